The molecule has 0 aliphatic heterocycles. The highest BCUT2D eigenvalue weighted by atomic mass is 16.6. The van der Waals surface area contributed by atoms with E-state index >= 15 is 0 Å². The van der Waals surface area contributed by atoms with Gasteiger partial charge in [0.1, 0.15) is 13.2 Å². The van der Waals surface area contributed by atoms with Gasteiger partial charge in [-0.25, -0.2) is 0 Å². The summed E-state index contributed by atoms with van der Waals surface area (Å²) < 4.78 is 16.6. The fourth-order valence-electron chi connectivity index (χ4n) is 6.21. The van der Waals surface area contributed by atoms with Crippen molar-refractivity contribution in [1.82, 2.24) is 0 Å². The van der Waals surface area contributed by atoms with E-state index in [0.29, 0.717) is 19.3 Å². The number of hydrogen-bond donors (Lipinski definition) is 0. The van der Waals surface area contributed by atoms with Crippen LogP contribution in [0.3, 0.4) is 0 Å². The zero-order valence-electron chi connectivity index (χ0n) is 35.0. The summed E-state index contributed by atoms with van der Waals surface area (Å²) in [5.74, 6) is -0.902. The molecule has 0 heterocycles. The lowest BCUT2D eigenvalue weighted by Gasteiger charge is -2.18. The van der Waals surface area contributed by atoms with Crippen LogP contribution in [0.25, 0.3) is 0 Å². The molecule has 0 saturated carbocycles. The highest BCUT2D eigenvalue weighted by Gasteiger charge is 2.19. The fraction of sp³-hybridized carbons (Fsp3) is 0.809. The molecule has 0 aliphatic rings. The van der Waals surface area contributed by atoms with Gasteiger partial charge in [-0.3, -0.25) is 14.4 Å². The van der Waals surface area contributed by atoms with Crippen LogP contribution in [0.4, 0.5) is 0 Å². The zero-order chi connectivity index (χ0) is 38.7. The van der Waals surface area contributed by atoms with Crippen LogP contribution in [0.5, 0.6) is 0 Å². The molecule has 53 heavy (non-hydrogen) atoms. The maximum atomic E-state index is 12.6. The summed E-state index contributed by atoms with van der Waals surface area (Å²) in [5.41, 5.74) is 0. The summed E-state index contributed by atoms with van der Waals surface area (Å²) in [6.45, 7) is 6.52. The molecule has 0 aromatic carbocycles. The van der Waals surface area contributed by atoms with Crippen molar-refractivity contribution in [2.45, 2.75) is 232 Å². The molecular formula is C47H84O6. The van der Waals surface area contributed by atoms with E-state index in [1.54, 1.807) is 0 Å². The molecule has 0 rings (SSSR count). The van der Waals surface area contributed by atoms with Crippen molar-refractivity contribution in [1.29, 1.82) is 0 Å². The third-order valence-electron chi connectivity index (χ3n) is 9.65. The second-order valence-electron chi connectivity index (χ2n) is 15.0. The van der Waals surface area contributed by atoms with Crippen molar-refractivity contribution in [3.63, 3.8) is 0 Å². The Morgan fingerprint density at radius 2 is 0.679 bits per heavy atom. The summed E-state index contributed by atoms with van der Waals surface area (Å²) in [6, 6.07) is 0. The molecule has 0 bridgehead atoms. The molecule has 0 N–H and O–H groups in total. The quantitative estimate of drug-likeness (QED) is 0.0269. The molecule has 308 valence electrons. The van der Waals surface area contributed by atoms with E-state index in [4.69, 9.17) is 14.2 Å². The van der Waals surface area contributed by atoms with Gasteiger partial charge in [-0.05, 0) is 57.8 Å². The fourth-order valence-corrected chi connectivity index (χ4v) is 6.21. The average molecular weight is 745 g/mol. The van der Waals surface area contributed by atoms with Crippen molar-refractivity contribution in [3.05, 3.63) is 36.5 Å². The molecule has 0 aliphatic carbocycles. The second kappa shape index (κ2) is 42.4. The van der Waals surface area contributed by atoms with Gasteiger partial charge in [0.25, 0.3) is 0 Å². The van der Waals surface area contributed by atoms with Crippen LogP contribution in [0, 0.1) is 0 Å². The lowest BCUT2D eigenvalue weighted by molar-refractivity contribution is -0.167. The molecule has 0 aromatic rings. The minimum Gasteiger partial charge on any atom is -0.462 e. The number of unbranched alkanes of at least 4 members (excludes halogenated alkanes) is 23. The maximum Gasteiger partial charge on any atom is 0.306 e. The zero-order valence-corrected chi connectivity index (χ0v) is 35.0. The van der Waals surface area contributed by atoms with Crippen LogP contribution in [0.2, 0.25) is 0 Å². The summed E-state index contributed by atoms with van der Waals surface area (Å²) in [5, 5.41) is 0. The molecule has 6 heteroatoms. The Morgan fingerprint density at radius 3 is 1.06 bits per heavy atom. The molecular weight excluding hydrogens is 661 g/mol. The van der Waals surface area contributed by atoms with Crippen molar-refractivity contribution in [2.24, 2.45) is 0 Å². The first-order chi connectivity index (χ1) is 26.0. The van der Waals surface area contributed by atoms with E-state index in [1.807, 2.05) is 0 Å². The first-order valence-corrected chi connectivity index (χ1v) is 22.5. The Bertz CT molecular complexity index is 907. The number of ether oxygens (including phenoxy) is 3. The van der Waals surface area contributed by atoms with Crippen molar-refractivity contribution >= 4 is 17.9 Å². The van der Waals surface area contributed by atoms with E-state index in [2.05, 4.69) is 57.2 Å². The Labute approximate surface area is 327 Å². The molecule has 1 atom stereocenters. The van der Waals surface area contributed by atoms with Gasteiger partial charge in [0.2, 0.25) is 0 Å². The summed E-state index contributed by atoms with van der Waals surface area (Å²) in [6.07, 6.45) is 47.3. The Kier molecular flexibility index (Phi) is 40.5. The first-order valence-electron chi connectivity index (χ1n) is 22.5. The molecule has 0 aromatic heterocycles. The van der Waals surface area contributed by atoms with Gasteiger partial charge in [-0.2, -0.15) is 0 Å². The number of allylic oxidation sites excluding steroid dienone is 6. The van der Waals surface area contributed by atoms with Gasteiger partial charge in [-0.1, -0.05) is 186 Å². The third kappa shape index (κ3) is 40.6. The van der Waals surface area contributed by atoms with Crippen LogP contribution >= 0.6 is 0 Å². The SMILES string of the molecule is CCCCCCC/C=C\C/C=C\C/C=C\CCCCCCCCC(=O)OCC(COC(=O)CCCCCCCCC)OC(=O)CCCCCCCCC. The molecule has 6 nitrogen and oxygen atoms in total. The largest absolute Gasteiger partial charge is 0.462 e. The van der Waals surface area contributed by atoms with Crippen molar-refractivity contribution in [3.8, 4) is 0 Å². The third-order valence-corrected chi connectivity index (χ3v) is 9.65. The number of carbonyl (C=O) groups is 3. The Balaban J connectivity index is 4.16. The molecule has 0 saturated heterocycles. The lowest BCUT2D eigenvalue weighted by atomic mass is 10.1. The van der Waals surface area contributed by atoms with E-state index in [9.17, 15) is 14.4 Å². The minimum atomic E-state index is -0.768. The van der Waals surface area contributed by atoms with E-state index in [-0.39, 0.29) is 31.1 Å². The van der Waals surface area contributed by atoms with Gasteiger partial charge < -0.3 is 14.2 Å². The summed E-state index contributed by atoms with van der Waals surface area (Å²) >= 11 is 0. The molecule has 0 spiro atoms. The van der Waals surface area contributed by atoms with Crippen LogP contribution in [-0.2, 0) is 28.6 Å². The van der Waals surface area contributed by atoms with Crippen LogP contribution < -0.4 is 0 Å². The second-order valence-corrected chi connectivity index (χ2v) is 15.0. The van der Waals surface area contributed by atoms with Crippen molar-refractivity contribution in [2.75, 3.05) is 13.2 Å². The van der Waals surface area contributed by atoms with Crippen LogP contribution in [-0.4, -0.2) is 37.2 Å². The number of rotatable bonds is 40. The van der Waals surface area contributed by atoms with Gasteiger partial charge in [0.05, 0.1) is 0 Å². The van der Waals surface area contributed by atoms with E-state index < -0.39 is 6.10 Å². The topological polar surface area (TPSA) is 78.9 Å². The van der Waals surface area contributed by atoms with Gasteiger partial charge in [-0.15, -0.1) is 0 Å². The Morgan fingerprint density at radius 1 is 0.377 bits per heavy atom. The Hall–Kier alpha value is -2.37. The lowest BCUT2D eigenvalue weighted by Crippen LogP contribution is -2.30. The molecule has 0 radical (unpaired) electrons. The monoisotopic (exact) mass is 745 g/mol. The normalized spacial score (nSPS) is 12.3. The highest BCUT2D eigenvalue weighted by molar-refractivity contribution is 5.71. The minimum absolute atomic E-state index is 0.0752. The van der Waals surface area contributed by atoms with Gasteiger partial charge >= 0.3 is 17.9 Å². The van der Waals surface area contributed by atoms with Gasteiger partial charge in [0.15, 0.2) is 6.10 Å². The number of esters is 3. The van der Waals surface area contributed by atoms with Gasteiger partial charge in [0, 0.05) is 19.3 Å². The maximum absolute atomic E-state index is 12.6. The summed E-state index contributed by atoms with van der Waals surface area (Å²) in [4.78, 5) is 37.4. The first kappa shape index (κ1) is 50.6. The standard InChI is InChI=1S/C47H84O6/c1-4-7-10-13-16-17-18-19-20-21-22-23-24-25-26-27-28-29-32-34-37-40-46(49)52-43-44(53-47(50)41-38-35-31-15-12-9-6-3)42-51-45(48)39-36-33-30-14-11-8-5-2/h18-19,21-22,24-25,44H,4-17,20,23,26-43H2,1-3H3/b19-18-,22-21-,25-24-. The smallest absolute Gasteiger partial charge is 0.306 e. The predicted octanol–water partition coefficient (Wildman–Crippen LogP) is 14.2. The molecule has 0 amide bonds. The average Bonchev–Trinajstić information content (AvgIpc) is 3.15. The van der Waals surface area contributed by atoms with Crippen LogP contribution in [0.15, 0.2) is 36.5 Å². The van der Waals surface area contributed by atoms with E-state index in [1.165, 1.54) is 109 Å². The number of hydrogen-bond acceptors (Lipinski definition) is 6. The predicted molar refractivity (Wildman–Crippen MR) is 224 cm³/mol. The van der Waals surface area contributed by atoms with E-state index in [0.717, 1.165) is 77.0 Å². The highest BCUT2D eigenvalue weighted by Crippen LogP contribution is 2.13. The number of carbonyl (C=O) groups excluding carboxylic acids is 3. The van der Waals surface area contributed by atoms with Crippen molar-refractivity contribution < 1.29 is 28.6 Å². The summed E-state index contributed by atoms with van der Waals surface area (Å²) in [7, 11) is 0. The molecule has 0 fully saturated rings. The van der Waals surface area contributed by atoms with Crippen LogP contribution in [0.1, 0.15) is 226 Å². The molecule has 1 unspecified atom stereocenters.